The number of carbonyl (C=O) groups is 1. The van der Waals surface area contributed by atoms with Crippen LogP contribution in [0.4, 0.5) is 5.13 Å². The molecule has 0 bridgehead atoms. The quantitative estimate of drug-likeness (QED) is 0.525. The zero-order valence-corrected chi connectivity index (χ0v) is 18.4. The second-order valence-corrected chi connectivity index (χ2v) is 8.56. The van der Waals surface area contributed by atoms with Gasteiger partial charge in [-0.15, -0.1) is 23.7 Å². The van der Waals surface area contributed by atoms with Gasteiger partial charge >= 0.3 is 0 Å². The van der Waals surface area contributed by atoms with Crippen molar-refractivity contribution in [2.75, 3.05) is 32.1 Å². The molecule has 1 amide bonds. The summed E-state index contributed by atoms with van der Waals surface area (Å²) in [6.07, 6.45) is 3.52. The molecule has 0 N–H and O–H groups in total. The fraction of sp³-hybridized carbons (Fsp3) is 0.300. The fourth-order valence-electron chi connectivity index (χ4n) is 2.70. The van der Waals surface area contributed by atoms with E-state index < -0.39 is 0 Å². The summed E-state index contributed by atoms with van der Waals surface area (Å²) in [6, 6.07) is 8.26. The lowest BCUT2D eigenvalue weighted by molar-refractivity contribution is -0.114. The average Bonchev–Trinajstić information content (AvgIpc) is 3.22. The van der Waals surface area contributed by atoms with Gasteiger partial charge in [0.15, 0.2) is 5.13 Å². The van der Waals surface area contributed by atoms with E-state index in [9.17, 15) is 4.79 Å². The molecule has 0 atom stereocenters. The van der Waals surface area contributed by atoms with Crippen molar-refractivity contribution in [1.29, 1.82) is 0 Å². The van der Waals surface area contributed by atoms with E-state index in [2.05, 4.69) is 30.9 Å². The number of anilines is 1. The van der Waals surface area contributed by atoms with Crippen LogP contribution in [0.1, 0.15) is 16.0 Å². The molecule has 0 radical (unpaired) electrons. The number of hydrogen-bond acceptors (Lipinski definition) is 5. The molecule has 0 fully saturated rings. The van der Waals surface area contributed by atoms with Gasteiger partial charge in [0.2, 0.25) is 0 Å². The fourth-order valence-corrected chi connectivity index (χ4v) is 4.50. The lowest BCUT2D eigenvalue weighted by Crippen LogP contribution is -2.35. The first-order valence-corrected chi connectivity index (χ1v) is 10.2. The number of hydrogen-bond donors (Lipinski definition) is 0. The van der Waals surface area contributed by atoms with Crippen LogP contribution < -0.4 is 4.90 Å². The topological polar surface area (TPSA) is 36.4 Å². The Morgan fingerprint density at radius 1 is 1.22 bits per heavy atom. The second kappa shape index (κ2) is 9.46. The Morgan fingerprint density at radius 2 is 2.00 bits per heavy atom. The minimum absolute atomic E-state index is 0. The third-order valence-electron chi connectivity index (χ3n) is 4.02. The summed E-state index contributed by atoms with van der Waals surface area (Å²) in [6.45, 7) is 5.55. The van der Waals surface area contributed by atoms with Crippen molar-refractivity contribution in [3.63, 3.8) is 0 Å². The Labute approximate surface area is 174 Å². The van der Waals surface area contributed by atoms with Crippen LogP contribution >= 0.6 is 35.1 Å². The number of nitrogens with zero attached hydrogens (tertiary/aromatic N) is 3. The molecule has 1 aromatic carbocycles. The second-order valence-electron chi connectivity index (χ2n) is 6.57. The number of aromatic nitrogens is 1. The largest absolute Gasteiger partial charge is 0.308 e. The van der Waals surface area contributed by atoms with Crippen LogP contribution in [0.15, 0.2) is 35.7 Å². The van der Waals surface area contributed by atoms with Gasteiger partial charge in [0, 0.05) is 24.0 Å². The van der Waals surface area contributed by atoms with Gasteiger partial charge in [0.05, 0.1) is 10.2 Å². The van der Waals surface area contributed by atoms with Crippen LogP contribution in [0.5, 0.6) is 0 Å². The van der Waals surface area contributed by atoms with Crippen LogP contribution in [0, 0.1) is 13.8 Å². The highest BCUT2D eigenvalue weighted by Gasteiger charge is 2.19. The Kier molecular flexibility index (Phi) is 7.56. The van der Waals surface area contributed by atoms with Crippen molar-refractivity contribution < 1.29 is 4.79 Å². The maximum Gasteiger partial charge on any atom is 0.252 e. The van der Waals surface area contributed by atoms with Gasteiger partial charge in [-0.1, -0.05) is 23.5 Å². The highest BCUT2D eigenvalue weighted by molar-refractivity contribution is 7.22. The molecule has 0 aliphatic carbocycles. The van der Waals surface area contributed by atoms with Crippen molar-refractivity contribution in [2.24, 2.45) is 0 Å². The SMILES string of the molecule is Cc1cc(C)c2nc(N(CCN(C)C)C(=O)C=Cc3cccs3)sc2c1.Cl. The standard InChI is InChI=1S/C20H23N3OS2.ClH/c1-14-12-15(2)19-17(13-14)26-20(21-19)23(10-9-22(3)4)18(24)8-7-16-6-5-11-25-16;/h5-8,11-13H,9-10H2,1-4H3;1H. The summed E-state index contributed by atoms with van der Waals surface area (Å²) in [5, 5.41) is 2.77. The Balaban J connectivity index is 0.00000261. The molecule has 0 aliphatic heterocycles. The van der Waals surface area contributed by atoms with E-state index >= 15 is 0 Å². The molecule has 27 heavy (non-hydrogen) atoms. The van der Waals surface area contributed by atoms with Gasteiger partial charge in [0.25, 0.3) is 5.91 Å². The van der Waals surface area contributed by atoms with E-state index in [1.165, 1.54) is 5.56 Å². The predicted molar refractivity (Wildman–Crippen MR) is 121 cm³/mol. The number of fused-ring (bicyclic) bond motifs is 1. The molecular weight excluding hydrogens is 398 g/mol. The number of thiophene rings is 1. The van der Waals surface area contributed by atoms with E-state index in [4.69, 9.17) is 4.98 Å². The molecule has 0 saturated heterocycles. The maximum absolute atomic E-state index is 12.9. The van der Waals surface area contributed by atoms with Crippen molar-refractivity contribution in [1.82, 2.24) is 9.88 Å². The summed E-state index contributed by atoms with van der Waals surface area (Å²) >= 11 is 3.20. The van der Waals surface area contributed by atoms with Crippen LogP contribution in [-0.4, -0.2) is 43.0 Å². The molecule has 7 heteroatoms. The van der Waals surface area contributed by atoms with Crippen LogP contribution in [0.2, 0.25) is 0 Å². The van der Waals surface area contributed by atoms with Crippen LogP contribution in [0.25, 0.3) is 16.3 Å². The molecule has 2 heterocycles. The third-order valence-corrected chi connectivity index (χ3v) is 5.88. The number of amides is 1. The Hall–Kier alpha value is -1.73. The van der Waals surface area contributed by atoms with E-state index in [1.54, 1.807) is 33.6 Å². The lowest BCUT2D eigenvalue weighted by Gasteiger charge is -2.20. The molecule has 0 unspecified atom stereocenters. The number of rotatable bonds is 6. The summed E-state index contributed by atoms with van der Waals surface area (Å²) in [7, 11) is 4.02. The Bertz CT molecular complexity index is 932. The number of benzene rings is 1. The summed E-state index contributed by atoms with van der Waals surface area (Å²) in [5.74, 6) is -0.0336. The molecular formula is C20H24ClN3OS2. The lowest BCUT2D eigenvalue weighted by atomic mass is 10.1. The van der Waals surface area contributed by atoms with Gasteiger partial charge in [-0.2, -0.15) is 0 Å². The number of carbonyl (C=O) groups excluding carboxylic acids is 1. The molecule has 0 aliphatic rings. The minimum Gasteiger partial charge on any atom is -0.308 e. The van der Waals surface area contributed by atoms with E-state index in [1.807, 2.05) is 37.7 Å². The van der Waals surface area contributed by atoms with E-state index in [0.717, 1.165) is 32.3 Å². The highest BCUT2D eigenvalue weighted by atomic mass is 35.5. The first-order chi connectivity index (χ1) is 12.4. The first kappa shape index (κ1) is 21.6. The number of thiazole rings is 1. The van der Waals surface area contributed by atoms with Crippen molar-refractivity contribution in [2.45, 2.75) is 13.8 Å². The summed E-state index contributed by atoms with van der Waals surface area (Å²) < 4.78 is 1.13. The van der Waals surface area contributed by atoms with Crippen LogP contribution in [-0.2, 0) is 4.79 Å². The number of aryl methyl sites for hydroxylation is 2. The molecule has 0 spiro atoms. The van der Waals surface area contributed by atoms with Crippen molar-refractivity contribution in [3.8, 4) is 0 Å². The zero-order chi connectivity index (χ0) is 18.7. The molecule has 4 nitrogen and oxygen atoms in total. The smallest absolute Gasteiger partial charge is 0.252 e. The molecule has 144 valence electrons. The molecule has 3 rings (SSSR count). The Morgan fingerprint density at radius 3 is 2.67 bits per heavy atom. The normalized spacial score (nSPS) is 11.3. The molecule has 3 aromatic rings. The average molecular weight is 422 g/mol. The van der Waals surface area contributed by atoms with E-state index in [-0.39, 0.29) is 18.3 Å². The summed E-state index contributed by atoms with van der Waals surface area (Å²) in [4.78, 5) is 22.6. The van der Waals surface area contributed by atoms with Gasteiger partial charge in [-0.05, 0) is 62.7 Å². The van der Waals surface area contributed by atoms with Crippen LogP contribution in [0.3, 0.4) is 0 Å². The summed E-state index contributed by atoms with van der Waals surface area (Å²) in [5.41, 5.74) is 3.35. The van der Waals surface area contributed by atoms with Crippen molar-refractivity contribution in [3.05, 3.63) is 51.7 Å². The number of halogens is 1. The predicted octanol–water partition coefficient (Wildman–Crippen LogP) is 5.00. The van der Waals surface area contributed by atoms with Gasteiger partial charge in [-0.3, -0.25) is 9.69 Å². The highest BCUT2D eigenvalue weighted by Crippen LogP contribution is 2.32. The van der Waals surface area contributed by atoms with Crippen molar-refractivity contribution >= 4 is 62.4 Å². The minimum atomic E-state index is -0.0336. The molecule has 2 aromatic heterocycles. The van der Waals surface area contributed by atoms with Gasteiger partial charge in [-0.25, -0.2) is 4.98 Å². The van der Waals surface area contributed by atoms with E-state index in [0.29, 0.717) is 6.54 Å². The molecule has 0 saturated carbocycles. The monoisotopic (exact) mass is 421 g/mol. The van der Waals surface area contributed by atoms with Gasteiger partial charge in [0.1, 0.15) is 0 Å². The number of likely N-dealkylation sites (N-methyl/N-ethyl adjacent to an activating group) is 1. The van der Waals surface area contributed by atoms with Gasteiger partial charge < -0.3 is 4.90 Å². The first-order valence-electron chi connectivity index (χ1n) is 8.49. The third kappa shape index (κ3) is 5.39. The zero-order valence-electron chi connectivity index (χ0n) is 15.9. The maximum atomic E-state index is 12.9.